The predicted octanol–water partition coefficient (Wildman–Crippen LogP) is 6.23. The van der Waals surface area contributed by atoms with Crippen LogP contribution >= 0.6 is 23.2 Å². The number of carboxylic acids is 1. The second-order valence-electron chi connectivity index (χ2n) is 8.79. The third-order valence-corrected chi connectivity index (χ3v) is 6.39. The highest BCUT2D eigenvalue weighted by atomic mass is 35.5. The van der Waals surface area contributed by atoms with Crippen LogP contribution in [-0.2, 0) is 23.1 Å². The van der Waals surface area contributed by atoms with Crippen LogP contribution in [-0.4, -0.2) is 32.4 Å². The quantitative estimate of drug-likeness (QED) is 0.158. The maximum absolute atomic E-state index is 13.3. The van der Waals surface area contributed by atoms with Gasteiger partial charge in [-0.2, -0.15) is 0 Å². The van der Waals surface area contributed by atoms with Gasteiger partial charge in [0, 0.05) is 58.5 Å². The van der Waals surface area contributed by atoms with Gasteiger partial charge in [-0.15, -0.1) is 0 Å². The Kier molecular flexibility index (Phi) is 8.81. The van der Waals surface area contributed by atoms with Gasteiger partial charge in [-0.1, -0.05) is 30.1 Å². The number of amides is 1. The highest BCUT2D eigenvalue weighted by molar-refractivity contribution is 6.31. The first kappa shape index (κ1) is 26.6. The zero-order valence-corrected chi connectivity index (χ0v) is 21.1. The van der Waals surface area contributed by atoms with Crippen molar-refractivity contribution in [2.75, 3.05) is 5.32 Å². The molecule has 0 bridgehead atoms. The van der Waals surface area contributed by atoms with E-state index in [4.69, 9.17) is 28.3 Å². The zero-order chi connectivity index (χ0) is 25.7. The number of aryl methyl sites for hydroxylation is 1. The summed E-state index contributed by atoms with van der Waals surface area (Å²) in [4.78, 5) is 36.6. The lowest BCUT2D eigenvalue weighted by Crippen LogP contribution is -2.13. The Morgan fingerprint density at radius 2 is 1.71 bits per heavy atom. The first-order valence-corrected chi connectivity index (χ1v) is 12.1. The SMILES string of the molecule is C[C@H](CC(=O)O)CC(=O)c1c(CCCCC(=O)Nc2cc(Cl)ccc2O)n(C)c2ccc(Cl)cc12. The van der Waals surface area contributed by atoms with Gasteiger partial charge in [-0.05, 0) is 61.6 Å². The summed E-state index contributed by atoms with van der Waals surface area (Å²) >= 11 is 12.1. The molecule has 2 aromatic carbocycles. The van der Waals surface area contributed by atoms with E-state index in [9.17, 15) is 19.5 Å². The normalized spacial score (nSPS) is 12.0. The lowest BCUT2D eigenvalue weighted by Gasteiger charge is -2.11. The second-order valence-corrected chi connectivity index (χ2v) is 9.66. The highest BCUT2D eigenvalue weighted by Gasteiger charge is 2.23. The van der Waals surface area contributed by atoms with Crippen LogP contribution < -0.4 is 5.32 Å². The van der Waals surface area contributed by atoms with Crippen molar-refractivity contribution >= 4 is 57.5 Å². The molecular formula is C26H28Cl2N2O5. The summed E-state index contributed by atoms with van der Waals surface area (Å²) in [6.45, 7) is 1.75. The summed E-state index contributed by atoms with van der Waals surface area (Å²) in [5, 5.41) is 23.3. The molecule has 1 heterocycles. The Morgan fingerprint density at radius 1 is 1.03 bits per heavy atom. The van der Waals surface area contributed by atoms with Crippen LogP contribution in [0.25, 0.3) is 10.9 Å². The van der Waals surface area contributed by atoms with Gasteiger partial charge in [0.2, 0.25) is 5.91 Å². The number of phenols is 1. The average molecular weight is 519 g/mol. The molecule has 0 saturated heterocycles. The molecule has 0 saturated carbocycles. The average Bonchev–Trinajstić information content (AvgIpc) is 3.04. The van der Waals surface area contributed by atoms with Gasteiger partial charge in [0.15, 0.2) is 5.78 Å². The molecule has 1 aromatic heterocycles. The van der Waals surface area contributed by atoms with Gasteiger partial charge >= 0.3 is 5.97 Å². The van der Waals surface area contributed by atoms with Crippen molar-refractivity contribution < 1.29 is 24.6 Å². The highest BCUT2D eigenvalue weighted by Crippen LogP contribution is 2.31. The Morgan fingerprint density at radius 3 is 2.43 bits per heavy atom. The molecule has 7 nitrogen and oxygen atoms in total. The largest absolute Gasteiger partial charge is 0.506 e. The third-order valence-electron chi connectivity index (χ3n) is 5.92. The summed E-state index contributed by atoms with van der Waals surface area (Å²) in [7, 11) is 1.89. The van der Waals surface area contributed by atoms with E-state index in [2.05, 4.69) is 5.32 Å². The number of halogens is 2. The summed E-state index contributed by atoms with van der Waals surface area (Å²) in [6.07, 6.45) is 2.06. The number of anilines is 1. The van der Waals surface area contributed by atoms with Crippen LogP contribution in [0.4, 0.5) is 5.69 Å². The Hall–Kier alpha value is -3.03. The number of nitrogens with zero attached hydrogens (tertiary/aromatic N) is 1. The molecule has 1 amide bonds. The molecular weight excluding hydrogens is 491 g/mol. The number of hydrogen-bond donors (Lipinski definition) is 3. The monoisotopic (exact) mass is 518 g/mol. The van der Waals surface area contributed by atoms with E-state index in [1.54, 1.807) is 19.1 Å². The van der Waals surface area contributed by atoms with Crippen molar-refractivity contribution in [2.24, 2.45) is 13.0 Å². The topological polar surface area (TPSA) is 109 Å². The maximum Gasteiger partial charge on any atom is 0.303 e. The van der Waals surface area contributed by atoms with Crippen molar-refractivity contribution in [1.29, 1.82) is 0 Å². The maximum atomic E-state index is 13.3. The lowest BCUT2D eigenvalue weighted by molar-refractivity contribution is -0.137. The number of unbranched alkanes of at least 4 members (excludes halogenated alkanes) is 1. The molecule has 3 rings (SSSR count). The number of aromatic nitrogens is 1. The first-order chi connectivity index (χ1) is 16.6. The number of carbonyl (C=O) groups excluding carboxylic acids is 2. The van der Waals surface area contributed by atoms with Gasteiger partial charge in [0.25, 0.3) is 0 Å². The van der Waals surface area contributed by atoms with Crippen molar-refractivity contribution in [2.45, 2.75) is 45.4 Å². The Bertz CT molecular complexity index is 1270. The van der Waals surface area contributed by atoms with Crippen LogP contribution in [0.15, 0.2) is 36.4 Å². The number of phenolic OH excluding ortho intramolecular Hbond substituents is 1. The van der Waals surface area contributed by atoms with Gasteiger partial charge in [-0.25, -0.2) is 0 Å². The third kappa shape index (κ3) is 6.77. The van der Waals surface area contributed by atoms with Crippen molar-refractivity contribution in [3.05, 3.63) is 57.7 Å². The van der Waals surface area contributed by atoms with Gasteiger partial charge in [0.05, 0.1) is 5.69 Å². The first-order valence-electron chi connectivity index (χ1n) is 11.4. The van der Waals surface area contributed by atoms with Gasteiger partial charge in [-0.3, -0.25) is 14.4 Å². The molecule has 0 aliphatic carbocycles. The van der Waals surface area contributed by atoms with Crippen LogP contribution in [0.3, 0.4) is 0 Å². The van der Waals surface area contributed by atoms with E-state index in [0.717, 1.165) is 16.6 Å². The molecule has 1 atom stereocenters. The molecule has 0 spiro atoms. The zero-order valence-electron chi connectivity index (χ0n) is 19.6. The molecule has 3 N–H and O–H groups in total. The number of carboxylic acid groups (broad SMARTS) is 1. The number of rotatable bonds is 11. The molecule has 0 unspecified atom stereocenters. The van der Waals surface area contributed by atoms with Crippen LogP contribution in [0.1, 0.15) is 55.1 Å². The number of Topliss-reactive ketones (excluding diaryl/α,β-unsaturated/α-hetero) is 1. The van der Waals surface area contributed by atoms with Crippen molar-refractivity contribution in [1.82, 2.24) is 4.57 Å². The molecule has 0 radical (unpaired) electrons. The Balaban J connectivity index is 1.72. The van der Waals surface area contributed by atoms with E-state index in [1.807, 2.05) is 17.7 Å². The van der Waals surface area contributed by atoms with Crippen molar-refractivity contribution in [3.63, 3.8) is 0 Å². The molecule has 0 aliphatic rings. The number of carbonyl (C=O) groups is 3. The predicted molar refractivity (Wildman–Crippen MR) is 138 cm³/mol. The molecule has 0 fully saturated rings. The number of fused-ring (bicyclic) bond motifs is 1. The van der Waals surface area contributed by atoms with Gasteiger partial charge < -0.3 is 20.1 Å². The summed E-state index contributed by atoms with van der Waals surface area (Å²) in [6, 6.07) is 9.83. The molecule has 35 heavy (non-hydrogen) atoms. The molecule has 186 valence electrons. The number of aliphatic carboxylic acids is 1. The number of nitrogens with one attached hydrogen (secondary N) is 1. The molecule has 9 heteroatoms. The summed E-state index contributed by atoms with van der Waals surface area (Å²) < 4.78 is 1.96. The Labute approximate surface area is 213 Å². The van der Waals surface area contributed by atoms with Gasteiger partial charge in [0.1, 0.15) is 5.75 Å². The fraction of sp³-hybridized carbons (Fsp3) is 0.346. The minimum atomic E-state index is -0.934. The number of benzene rings is 2. The second kappa shape index (κ2) is 11.6. The fourth-order valence-electron chi connectivity index (χ4n) is 4.26. The van der Waals surface area contributed by atoms with E-state index in [-0.39, 0.29) is 48.3 Å². The van der Waals surface area contributed by atoms with E-state index < -0.39 is 5.97 Å². The van der Waals surface area contributed by atoms with Crippen molar-refractivity contribution in [3.8, 4) is 5.75 Å². The van der Waals surface area contributed by atoms with E-state index in [0.29, 0.717) is 34.9 Å². The number of ketones is 1. The number of aromatic hydroxyl groups is 1. The van der Waals surface area contributed by atoms with E-state index in [1.165, 1.54) is 18.2 Å². The summed E-state index contributed by atoms with van der Waals surface area (Å²) in [5.74, 6) is -1.65. The smallest absolute Gasteiger partial charge is 0.303 e. The fourth-order valence-corrected chi connectivity index (χ4v) is 4.61. The molecule has 3 aromatic rings. The van der Waals surface area contributed by atoms with Crippen LogP contribution in [0.2, 0.25) is 10.0 Å². The molecule has 0 aliphatic heterocycles. The standard InChI is InChI=1S/C26H28Cl2N2O5/c1-15(12-25(34)35)11-23(32)26-18-13-16(27)7-9-20(18)30(2)21(26)5-3-4-6-24(33)29-19-14-17(28)8-10-22(19)31/h7-10,13-15,31H,3-6,11-12H2,1-2H3,(H,29,33)(H,34,35)/t15-/m0/s1. The number of hydrogen-bond acceptors (Lipinski definition) is 4. The van der Waals surface area contributed by atoms with Crippen LogP contribution in [0, 0.1) is 5.92 Å². The lowest BCUT2D eigenvalue weighted by atomic mass is 9.94. The summed E-state index contributed by atoms with van der Waals surface area (Å²) in [5.41, 5.74) is 2.53. The minimum Gasteiger partial charge on any atom is -0.506 e. The van der Waals surface area contributed by atoms with Crippen LogP contribution in [0.5, 0.6) is 5.75 Å². The minimum absolute atomic E-state index is 0.0582. The van der Waals surface area contributed by atoms with E-state index >= 15 is 0 Å².